The molecule has 9 aromatic rings. The van der Waals surface area contributed by atoms with Crippen LogP contribution in [0.15, 0.2) is 182 Å². The van der Waals surface area contributed by atoms with Crippen LogP contribution in [0.25, 0.3) is 72.7 Å². The van der Waals surface area contributed by atoms with Crippen molar-refractivity contribution in [2.45, 2.75) is 71.6 Å². The molecule has 0 fully saturated rings. The number of hydrogen-bond acceptors (Lipinski definition) is 3. The van der Waals surface area contributed by atoms with E-state index in [1.54, 1.807) is 0 Å². The molecule has 7 aromatic carbocycles. The Morgan fingerprint density at radius 1 is 0.429 bits per heavy atom. The molecule has 0 saturated heterocycles. The van der Waals surface area contributed by atoms with Crippen LogP contribution in [0.3, 0.4) is 0 Å². The van der Waals surface area contributed by atoms with E-state index in [2.05, 4.69) is 218 Å². The summed E-state index contributed by atoms with van der Waals surface area (Å²) in [6.45, 7) is 17.9. The first-order valence-corrected chi connectivity index (χ1v) is 22.0. The van der Waals surface area contributed by atoms with Crippen LogP contribution in [-0.2, 0) is 16.2 Å². The van der Waals surface area contributed by atoms with Crippen molar-refractivity contribution < 1.29 is 5.11 Å². The molecular weight excluding hydrogens is 767 g/mol. The fourth-order valence-electron chi connectivity index (χ4n) is 8.70. The zero-order valence-corrected chi connectivity index (χ0v) is 37.6. The van der Waals surface area contributed by atoms with Crippen molar-refractivity contribution in [1.82, 2.24) is 14.5 Å². The average molecular weight is 822 g/mol. The zero-order chi connectivity index (χ0) is 44.1. The highest BCUT2D eigenvalue weighted by atomic mass is 16.3. The maximum Gasteiger partial charge on any atom is 0.149 e. The summed E-state index contributed by atoms with van der Waals surface area (Å²) in [7, 11) is 0. The number of hydrogen-bond donors (Lipinski definition) is 1. The van der Waals surface area contributed by atoms with E-state index in [1.165, 1.54) is 16.7 Å². The number of para-hydroxylation sites is 2. The van der Waals surface area contributed by atoms with E-state index >= 15 is 0 Å². The van der Waals surface area contributed by atoms with Crippen LogP contribution in [0, 0.1) is 0 Å². The van der Waals surface area contributed by atoms with E-state index in [0.717, 1.165) is 66.9 Å². The van der Waals surface area contributed by atoms with Crippen molar-refractivity contribution in [2.24, 2.45) is 0 Å². The third-order valence-corrected chi connectivity index (χ3v) is 12.6. The van der Waals surface area contributed by atoms with Crippen LogP contribution in [-0.4, -0.2) is 19.6 Å². The first kappa shape index (κ1) is 41.3. The molecule has 0 bridgehead atoms. The smallest absolute Gasteiger partial charge is 0.149 e. The molecule has 0 spiro atoms. The Labute approximate surface area is 372 Å². The third-order valence-electron chi connectivity index (χ3n) is 12.6. The molecule has 2 aromatic heterocycles. The number of fused-ring (bicyclic) bond motifs is 1. The predicted octanol–water partition coefficient (Wildman–Crippen LogP) is 15.4. The first-order chi connectivity index (χ1) is 30.2. The highest BCUT2D eigenvalue weighted by Gasteiger charge is 2.26. The van der Waals surface area contributed by atoms with Gasteiger partial charge in [0.25, 0.3) is 0 Å². The molecule has 0 aliphatic carbocycles. The fourth-order valence-corrected chi connectivity index (χ4v) is 8.70. The van der Waals surface area contributed by atoms with Gasteiger partial charge in [-0.05, 0) is 104 Å². The van der Waals surface area contributed by atoms with Gasteiger partial charge in [-0.15, -0.1) is 0 Å². The Morgan fingerprint density at radius 3 is 1.76 bits per heavy atom. The maximum atomic E-state index is 11.7. The predicted molar refractivity (Wildman–Crippen MR) is 264 cm³/mol. The molecule has 4 heteroatoms. The summed E-state index contributed by atoms with van der Waals surface area (Å²) < 4.78 is 2.23. The van der Waals surface area contributed by atoms with E-state index in [1.807, 2.05) is 24.4 Å². The van der Waals surface area contributed by atoms with E-state index in [4.69, 9.17) is 9.97 Å². The summed E-state index contributed by atoms with van der Waals surface area (Å²) in [5, 5.41) is 11.7. The summed E-state index contributed by atoms with van der Waals surface area (Å²) in [6.07, 6.45) is 1.92. The van der Waals surface area contributed by atoms with Crippen molar-refractivity contribution >= 4 is 11.0 Å². The molecule has 2 heterocycles. The normalized spacial score (nSPS) is 12.2. The standard InChI is InChI=1S/C59H55N3O/c1-57(2,3)46-30-31-54(63)50(38-46)56-61-55-49(23-17-25-53(55)62(56)52-24-16-15-22-48(52)40-18-11-9-12-19-40)42-34-43(36-47(35-42)58(4,5)6)51-37-41(32-33-60-51)39-26-28-45(29-27-39)59(7,8)44-20-13-10-14-21-44/h9-38,63H,1-8H3. The van der Waals surface area contributed by atoms with Gasteiger partial charge < -0.3 is 5.11 Å². The molecule has 63 heavy (non-hydrogen) atoms. The number of phenols is 1. The van der Waals surface area contributed by atoms with Crippen molar-refractivity contribution in [2.75, 3.05) is 0 Å². The van der Waals surface area contributed by atoms with E-state index in [9.17, 15) is 5.11 Å². The average Bonchev–Trinajstić information content (AvgIpc) is 3.68. The van der Waals surface area contributed by atoms with Crippen molar-refractivity contribution in [3.05, 3.63) is 204 Å². The number of rotatable bonds is 8. The summed E-state index contributed by atoms with van der Waals surface area (Å²) in [6, 6.07) is 62.2. The van der Waals surface area contributed by atoms with Gasteiger partial charge in [-0.2, -0.15) is 0 Å². The van der Waals surface area contributed by atoms with Gasteiger partial charge in [-0.1, -0.05) is 183 Å². The quantitative estimate of drug-likeness (QED) is 0.166. The molecule has 0 atom stereocenters. The first-order valence-electron chi connectivity index (χ1n) is 22.0. The number of aromatic hydroxyl groups is 1. The van der Waals surface area contributed by atoms with E-state index in [-0.39, 0.29) is 22.0 Å². The molecule has 9 rings (SSSR count). The van der Waals surface area contributed by atoms with Crippen LogP contribution in [0.4, 0.5) is 0 Å². The summed E-state index contributed by atoms with van der Waals surface area (Å²) in [5.74, 6) is 0.875. The molecule has 0 amide bonds. The number of nitrogens with zero attached hydrogens (tertiary/aromatic N) is 3. The van der Waals surface area contributed by atoms with Crippen LogP contribution in [0.1, 0.15) is 77.6 Å². The van der Waals surface area contributed by atoms with Gasteiger partial charge in [0, 0.05) is 28.3 Å². The lowest BCUT2D eigenvalue weighted by atomic mass is 9.78. The van der Waals surface area contributed by atoms with Gasteiger partial charge in [-0.25, -0.2) is 4.98 Å². The van der Waals surface area contributed by atoms with Gasteiger partial charge in [0.15, 0.2) is 0 Å². The lowest BCUT2D eigenvalue weighted by molar-refractivity contribution is 0.475. The van der Waals surface area contributed by atoms with Crippen molar-refractivity contribution in [3.63, 3.8) is 0 Å². The highest BCUT2D eigenvalue weighted by molar-refractivity contribution is 5.97. The molecule has 0 saturated carbocycles. The van der Waals surface area contributed by atoms with Gasteiger partial charge in [0.05, 0.1) is 28.0 Å². The van der Waals surface area contributed by atoms with Crippen LogP contribution in [0.5, 0.6) is 5.75 Å². The summed E-state index contributed by atoms with van der Waals surface area (Å²) in [5.41, 5.74) is 16.5. The molecule has 312 valence electrons. The number of benzene rings is 7. The molecule has 0 unspecified atom stereocenters. The molecule has 0 radical (unpaired) electrons. The Bertz CT molecular complexity index is 3090. The lowest BCUT2D eigenvalue weighted by Crippen LogP contribution is -2.18. The van der Waals surface area contributed by atoms with Gasteiger partial charge in [0.2, 0.25) is 0 Å². The Morgan fingerprint density at radius 2 is 1.05 bits per heavy atom. The second-order valence-corrected chi connectivity index (χ2v) is 19.4. The van der Waals surface area contributed by atoms with Crippen molar-refractivity contribution in [1.29, 1.82) is 0 Å². The Balaban J connectivity index is 1.21. The van der Waals surface area contributed by atoms with Crippen LogP contribution in [0.2, 0.25) is 0 Å². The molecule has 1 N–H and O–H groups in total. The minimum atomic E-state index is -0.143. The number of pyridine rings is 1. The number of aromatic nitrogens is 3. The highest BCUT2D eigenvalue weighted by Crippen LogP contribution is 2.43. The Kier molecular flexibility index (Phi) is 10.5. The lowest BCUT2D eigenvalue weighted by Gasteiger charge is -2.26. The second kappa shape index (κ2) is 16.0. The molecule has 0 aliphatic rings. The zero-order valence-electron chi connectivity index (χ0n) is 37.6. The van der Waals surface area contributed by atoms with Crippen LogP contribution >= 0.6 is 0 Å². The van der Waals surface area contributed by atoms with E-state index in [0.29, 0.717) is 11.4 Å². The number of phenolic OH excluding ortho intramolecular Hbond substituents is 1. The number of imidazole rings is 1. The fraction of sp³-hybridized carbons (Fsp3) is 0.186. The minimum Gasteiger partial charge on any atom is -0.507 e. The van der Waals surface area contributed by atoms with Gasteiger partial charge >= 0.3 is 0 Å². The molecule has 0 aliphatic heterocycles. The maximum absolute atomic E-state index is 11.7. The molecular formula is C59H55N3O. The van der Waals surface area contributed by atoms with Crippen molar-refractivity contribution in [3.8, 4) is 67.5 Å². The van der Waals surface area contributed by atoms with Gasteiger partial charge in [-0.3, -0.25) is 9.55 Å². The SMILES string of the molecule is CC(C)(C)c1cc(-c2cc(-c3ccc(C(C)(C)c4ccccc4)cc3)ccn2)cc(-c2cccc3c2nc(-c2cc(C(C)(C)C)ccc2O)n3-c2ccccc2-c2ccccc2)c1. The van der Waals surface area contributed by atoms with Gasteiger partial charge in [0.1, 0.15) is 11.6 Å². The minimum absolute atomic E-state index is 0.116. The monoisotopic (exact) mass is 821 g/mol. The van der Waals surface area contributed by atoms with E-state index < -0.39 is 0 Å². The molecule has 4 nitrogen and oxygen atoms in total. The van der Waals surface area contributed by atoms with Crippen LogP contribution < -0.4 is 0 Å². The largest absolute Gasteiger partial charge is 0.507 e. The topological polar surface area (TPSA) is 50.9 Å². The third kappa shape index (κ3) is 7.98. The Hall–Kier alpha value is -7.04. The second-order valence-electron chi connectivity index (χ2n) is 19.4. The summed E-state index contributed by atoms with van der Waals surface area (Å²) >= 11 is 0. The summed E-state index contributed by atoms with van der Waals surface area (Å²) in [4.78, 5) is 10.5.